The molecule has 168 valence electrons. The molecule has 1 aromatic heterocycles. The first-order valence-electron chi connectivity index (χ1n) is 10.00. The molecule has 0 saturated carbocycles. The van der Waals surface area contributed by atoms with Crippen molar-refractivity contribution in [2.45, 2.75) is 5.16 Å². The maximum Gasteiger partial charge on any atom is 0.234 e. The van der Waals surface area contributed by atoms with Crippen LogP contribution >= 0.6 is 11.8 Å². The van der Waals surface area contributed by atoms with Gasteiger partial charge >= 0.3 is 0 Å². The van der Waals surface area contributed by atoms with Gasteiger partial charge in [-0.3, -0.25) is 9.36 Å². The van der Waals surface area contributed by atoms with E-state index in [1.165, 1.54) is 23.9 Å². The van der Waals surface area contributed by atoms with Crippen molar-refractivity contribution in [2.75, 3.05) is 25.3 Å². The highest BCUT2D eigenvalue weighted by Crippen LogP contribution is 2.33. The van der Waals surface area contributed by atoms with E-state index in [0.717, 1.165) is 0 Å². The molecule has 7 nitrogen and oxygen atoms in total. The Hall–Kier alpha value is -3.85. The van der Waals surface area contributed by atoms with Gasteiger partial charge < -0.3 is 14.8 Å². The molecule has 4 aromatic rings. The average molecular weight is 465 g/mol. The normalized spacial score (nSPS) is 10.6. The summed E-state index contributed by atoms with van der Waals surface area (Å²) < 4.78 is 26.1. The van der Waals surface area contributed by atoms with Crippen LogP contribution < -0.4 is 14.8 Å². The molecule has 0 aliphatic rings. The molecule has 0 unspecified atom stereocenters. The lowest BCUT2D eigenvalue weighted by atomic mass is 10.2. The number of anilines is 1. The Morgan fingerprint density at radius 3 is 2.27 bits per heavy atom. The van der Waals surface area contributed by atoms with E-state index in [1.807, 2.05) is 42.5 Å². The highest BCUT2D eigenvalue weighted by molar-refractivity contribution is 7.99. The number of halogens is 1. The summed E-state index contributed by atoms with van der Waals surface area (Å²) in [6, 6.07) is 20.6. The van der Waals surface area contributed by atoms with Gasteiger partial charge in [-0.25, -0.2) is 4.39 Å². The number of nitrogens with one attached hydrogen (secondary N) is 1. The van der Waals surface area contributed by atoms with E-state index in [-0.39, 0.29) is 17.5 Å². The van der Waals surface area contributed by atoms with Gasteiger partial charge in [0.1, 0.15) is 17.3 Å². The quantitative estimate of drug-likeness (QED) is 0.377. The number of thioether (sulfide) groups is 1. The summed E-state index contributed by atoms with van der Waals surface area (Å²) in [6.07, 6.45) is 0. The van der Waals surface area contributed by atoms with Crippen LogP contribution in [0.4, 0.5) is 10.1 Å². The zero-order chi connectivity index (χ0) is 23.2. The molecule has 0 radical (unpaired) electrons. The Balaban J connectivity index is 1.67. The van der Waals surface area contributed by atoms with Gasteiger partial charge in [0.2, 0.25) is 5.91 Å². The Bertz CT molecular complexity index is 1220. The molecule has 0 fully saturated rings. The smallest absolute Gasteiger partial charge is 0.234 e. The van der Waals surface area contributed by atoms with Gasteiger partial charge in [0, 0.05) is 23.0 Å². The maximum absolute atomic E-state index is 13.6. The number of para-hydroxylation sites is 1. The minimum absolute atomic E-state index is 0.121. The van der Waals surface area contributed by atoms with Crippen molar-refractivity contribution in [3.05, 3.63) is 78.6 Å². The van der Waals surface area contributed by atoms with Crippen LogP contribution in [-0.2, 0) is 4.79 Å². The number of methoxy groups -OCH3 is 2. The van der Waals surface area contributed by atoms with Crippen LogP contribution in [0.25, 0.3) is 17.1 Å². The third-order valence-corrected chi connectivity index (χ3v) is 5.65. The monoisotopic (exact) mass is 464 g/mol. The molecule has 0 atom stereocenters. The second-order valence-corrected chi connectivity index (χ2v) is 7.86. The number of ether oxygens (including phenoxy) is 2. The first kappa shape index (κ1) is 22.3. The zero-order valence-corrected chi connectivity index (χ0v) is 18.8. The molecule has 0 aliphatic carbocycles. The van der Waals surface area contributed by atoms with Gasteiger partial charge in [-0.05, 0) is 48.5 Å². The van der Waals surface area contributed by atoms with Crippen LogP contribution in [0.1, 0.15) is 0 Å². The summed E-state index contributed by atoms with van der Waals surface area (Å²) in [6.45, 7) is 0. The van der Waals surface area contributed by atoms with Crippen LogP contribution in [0.15, 0.2) is 78.0 Å². The largest absolute Gasteiger partial charge is 0.497 e. The minimum Gasteiger partial charge on any atom is -0.497 e. The van der Waals surface area contributed by atoms with Gasteiger partial charge in [-0.1, -0.05) is 30.0 Å². The van der Waals surface area contributed by atoms with Gasteiger partial charge in [-0.15, -0.1) is 10.2 Å². The number of benzene rings is 3. The zero-order valence-electron chi connectivity index (χ0n) is 18.0. The number of hydrogen-bond acceptors (Lipinski definition) is 6. The van der Waals surface area contributed by atoms with Gasteiger partial charge in [0.15, 0.2) is 11.0 Å². The van der Waals surface area contributed by atoms with Crippen LogP contribution in [0.3, 0.4) is 0 Å². The van der Waals surface area contributed by atoms with Gasteiger partial charge in [0.25, 0.3) is 0 Å². The third kappa shape index (κ3) is 5.32. The van der Waals surface area contributed by atoms with E-state index >= 15 is 0 Å². The van der Waals surface area contributed by atoms with E-state index in [9.17, 15) is 9.18 Å². The van der Waals surface area contributed by atoms with Gasteiger partial charge in [0.05, 0.1) is 20.0 Å². The third-order valence-electron chi connectivity index (χ3n) is 4.72. The van der Waals surface area contributed by atoms with Crippen molar-refractivity contribution in [1.82, 2.24) is 14.8 Å². The summed E-state index contributed by atoms with van der Waals surface area (Å²) in [5, 5.41) is 12.0. The SMILES string of the molecule is COc1cc(OC)cc(-c2nnc(SCC(=O)Nc3ccccc3)n2-c2ccc(F)cc2)c1. The lowest BCUT2D eigenvalue weighted by Crippen LogP contribution is -2.14. The number of rotatable bonds is 8. The van der Waals surface area contributed by atoms with E-state index in [0.29, 0.717) is 39.4 Å². The van der Waals surface area contributed by atoms with Crippen LogP contribution in [0.5, 0.6) is 11.5 Å². The summed E-state index contributed by atoms with van der Waals surface area (Å²) in [7, 11) is 3.13. The number of hydrogen-bond donors (Lipinski definition) is 1. The number of carbonyl (C=O) groups is 1. The molecule has 0 aliphatic heterocycles. The van der Waals surface area contributed by atoms with Gasteiger partial charge in [-0.2, -0.15) is 0 Å². The standard InChI is InChI=1S/C24H21FN4O3S/c1-31-20-12-16(13-21(14-20)32-2)23-27-28-24(29(23)19-10-8-17(25)9-11-19)33-15-22(30)26-18-6-4-3-5-7-18/h3-14H,15H2,1-2H3,(H,26,30). The second-order valence-electron chi connectivity index (χ2n) is 6.92. The summed E-state index contributed by atoms with van der Waals surface area (Å²) in [4.78, 5) is 12.5. The lowest BCUT2D eigenvalue weighted by Gasteiger charge is -2.12. The Morgan fingerprint density at radius 2 is 1.64 bits per heavy atom. The molecule has 33 heavy (non-hydrogen) atoms. The molecule has 0 spiro atoms. The number of aromatic nitrogens is 3. The first-order chi connectivity index (χ1) is 16.1. The van der Waals surface area contributed by atoms with Crippen molar-refractivity contribution in [3.8, 4) is 28.6 Å². The molecular weight excluding hydrogens is 443 g/mol. The highest BCUT2D eigenvalue weighted by Gasteiger charge is 2.19. The van der Waals surface area contributed by atoms with Crippen molar-refractivity contribution >= 4 is 23.4 Å². The fourth-order valence-corrected chi connectivity index (χ4v) is 3.91. The van der Waals surface area contributed by atoms with E-state index in [2.05, 4.69) is 15.5 Å². The van der Waals surface area contributed by atoms with E-state index in [4.69, 9.17) is 9.47 Å². The molecule has 4 rings (SSSR count). The second kappa shape index (κ2) is 10.2. The molecule has 9 heteroatoms. The van der Waals surface area contributed by atoms with Crippen LogP contribution in [0, 0.1) is 5.82 Å². The maximum atomic E-state index is 13.6. The van der Waals surface area contributed by atoms with Crippen LogP contribution in [-0.4, -0.2) is 40.6 Å². The summed E-state index contributed by atoms with van der Waals surface area (Å²) in [5.41, 5.74) is 2.07. The van der Waals surface area contributed by atoms with E-state index < -0.39 is 0 Å². The summed E-state index contributed by atoms with van der Waals surface area (Å²) >= 11 is 1.23. The Morgan fingerprint density at radius 1 is 0.970 bits per heavy atom. The number of carbonyl (C=O) groups excluding carboxylic acids is 1. The van der Waals surface area contributed by atoms with Crippen molar-refractivity contribution < 1.29 is 18.7 Å². The van der Waals surface area contributed by atoms with Crippen molar-refractivity contribution in [2.24, 2.45) is 0 Å². The molecule has 3 aromatic carbocycles. The first-order valence-corrected chi connectivity index (χ1v) is 11.0. The molecule has 1 amide bonds. The van der Waals surface area contributed by atoms with Crippen LogP contribution in [0.2, 0.25) is 0 Å². The highest BCUT2D eigenvalue weighted by atomic mass is 32.2. The molecule has 1 N–H and O–H groups in total. The molecule has 0 saturated heterocycles. The average Bonchev–Trinajstić information content (AvgIpc) is 3.27. The fraction of sp³-hybridized carbons (Fsp3) is 0.125. The van der Waals surface area contributed by atoms with Crippen molar-refractivity contribution in [1.29, 1.82) is 0 Å². The summed E-state index contributed by atoms with van der Waals surface area (Å²) in [5.74, 6) is 1.28. The molecular formula is C24H21FN4O3S. The number of nitrogens with zero attached hydrogens (tertiary/aromatic N) is 3. The minimum atomic E-state index is -0.354. The Kier molecular flexibility index (Phi) is 6.89. The molecule has 1 heterocycles. The number of amides is 1. The predicted molar refractivity (Wildman–Crippen MR) is 126 cm³/mol. The van der Waals surface area contributed by atoms with E-state index in [1.54, 1.807) is 37.0 Å². The topological polar surface area (TPSA) is 78.3 Å². The fourth-order valence-electron chi connectivity index (χ4n) is 3.16. The Labute approximate surface area is 194 Å². The lowest BCUT2D eigenvalue weighted by molar-refractivity contribution is -0.113. The van der Waals surface area contributed by atoms with Crippen molar-refractivity contribution in [3.63, 3.8) is 0 Å². The molecule has 0 bridgehead atoms. The predicted octanol–water partition coefficient (Wildman–Crippen LogP) is 4.82.